The normalized spacial score (nSPS) is 11.0. The molecule has 0 aliphatic carbocycles. The van der Waals surface area contributed by atoms with Gasteiger partial charge in [-0.3, -0.25) is 9.59 Å². The quantitative estimate of drug-likeness (QED) is 0.866. The zero-order valence-electron chi connectivity index (χ0n) is 16.0. The van der Waals surface area contributed by atoms with Gasteiger partial charge >= 0.3 is 0 Å². The lowest BCUT2D eigenvalue weighted by Gasteiger charge is -2.19. The summed E-state index contributed by atoms with van der Waals surface area (Å²) in [4.78, 5) is 30.2. The maximum atomic E-state index is 12.2. The van der Waals surface area contributed by atoms with Gasteiger partial charge in [-0.15, -0.1) is 0 Å². The van der Waals surface area contributed by atoms with E-state index in [1.54, 1.807) is 24.4 Å². The van der Waals surface area contributed by atoms with E-state index in [4.69, 9.17) is 0 Å². The molecule has 0 saturated carbocycles. The minimum absolute atomic E-state index is 0.0318. The van der Waals surface area contributed by atoms with E-state index < -0.39 is 0 Å². The summed E-state index contributed by atoms with van der Waals surface area (Å²) in [5.41, 5.74) is 2.65. The number of carbonyl (C=O) groups excluding carboxylic acids is 2. The zero-order valence-corrected chi connectivity index (χ0v) is 16.0. The molecule has 0 atom stereocenters. The lowest BCUT2D eigenvalue weighted by molar-refractivity contribution is -0.115. The van der Waals surface area contributed by atoms with Crippen LogP contribution in [0.15, 0.2) is 42.6 Å². The number of hydrogen-bond donors (Lipinski definition) is 2. The van der Waals surface area contributed by atoms with Gasteiger partial charge in [-0.1, -0.05) is 32.9 Å². The molecule has 6 heteroatoms. The third kappa shape index (κ3) is 5.31. The Kier molecular flexibility index (Phi) is 5.97. The van der Waals surface area contributed by atoms with Crippen molar-refractivity contribution in [3.05, 3.63) is 53.7 Å². The monoisotopic (exact) mass is 354 g/mol. The van der Waals surface area contributed by atoms with Crippen molar-refractivity contribution < 1.29 is 9.59 Å². The summed E-state index contributed by atoms with van der Waals surface area (Å²) in [5.74, 6) is -0.157. The summed E-state index contributed by atoms with van der Waals surface area (Å²) in [7, 11) is 3.83. The van der Waals surface area contributed by atoms with Gasteiger partial charge in [-0.05, 0) is 35.2 Å². The molecule has 0 saturated heterocycles. The number of anilines is 2. The Morgan fingerprint density at radius 3 is 2.19 bits per heavy atom. The van der Waals surface area contributed by atoms with Crippen molar-refractivity contribution >= 4 is 23.3 Å². The van der Waals surface area contributed by atoms with E-state index in [1.807, 2.05) is 37.2 Å². The first-order valence-corrected chi connectivity index (χ1v) is 8.49. The highest BCUT2D eigenvalue weighted by molar-refractivity contribution is 5.99. The van der Waals surface area contributed by atoms with Gasteiger partial charge in [0.1, 0.15) is 5.82 Å². The van der Waals surface area contributed by atoms with Gasteiger partial charge in [0, 0.05) is 19.7 Å². The number of carbonyl (C=O) groups is 2. The minimum Gasteiger partial charge on any atom is -0.376 e. The van der Waals surface area contributed by atoms with Crippen LogP contribution in [-0.2, 0) is 10.2 Å². The SMILES string of the molecule is CN(C)c1ccc(NC(=O)CNC(=O)c2ccc(C(C)(C)C)cc2)nc1. The van der Waals surface area contributed by atoms with Crippen LogP contribution < -0.4 is 15.5 Å². The minimum atomic E-state index is -0.324. The molecule has 2 amide bonds. The highest BCUT2D eigenvalue weighted by atomic mass is 16.2. The van der Waals surface area contributed by atoms with E-state index in [2.05, 4.69) is 36.4 Å². The molecular weight excluding hydrogens is 328 g/mol. The number of nitrogens with one attached hydrogen (secondary N) is 2. The largest absolute Gasteiger partial charge is 0.376 e. The van der Waals surface area contributed by atoms with Crippen molar-refractivity contribution in [2.75, 3.05) is 30.9 Å². The molecule has 0 fully saturated rings. The molecule has 1 aromatic carbocycles. The van der Waals surface area contributed by atoms with Gasteiger partial charge in [0.2, 0.25) is 5.91 Å². The van der Waals surface area contributed by atoms with Crippen LogP contribution in [0.3, 0.4) is 0 Å². The predicted octanol–water partition coefficient (Wildman–Crippen LogP) is 2.81. The molecule has 0 aliphatic rings. The number of hydrogen-bond acceptors (Lipinski definition) is 4. The standard InChI is InChI=1S/C20H26N4O2/c1-20(2,3)15-8-6-14(7-9-15)19(26)22-13-18(25)23-17-11-10-16(12-21-17)24(4)5/h6-12H,13H2,1-5H3,(H,22,26)(H,21,23,25). The van der Waals surface area contributed by atoms with Crippen LogP contribution in [0.1, 0.15) is 36.7 Å². The first-order valence-electron chi connectivity index (χ1n) is 8.49. The van der Waals surface area contributed by atoms with Crippen LogP contribution in [0.25, 0.3) is 0 Å². The molecule has 0 bridgehead atoms. The fourth-order valence-corrected chi connectivity index (χ4v) is 2.30. The van der Waals surface area contributed by atoms with Gasteiger partial charge in [0.05, 0.1) is 18.4 Å². The van der Waals surface area contributed by atoms with E-state index in [9.17, 15) is 9.59 Å². The average Bonchev–Trinajstić information content (AvgIpc) is 2.59. The van der Waals surface area contributed by atoms with Crippen molar-refractivity contribution in [1.82, 2.24) is 10.3 Å². The highest BCUT2D eigenvalue weighted by Crippen LogP contribution is 2.22. The third-order valence-electron chi connectivity index (χ3n) is 3.95. The van der Waals surface area contributed by atoms with Crippen molar-refractivity contribution in [2.24, 2.45) is 0 Å². The molecule has 0 unspecified atom stereocenters. The summed E-state index contributed by atoms with van der Waals surface area (Å²) in [6, 6.07) is 11.0. The fraction of sp³-hybridized carbons (Fsp3) is 0.350. The van der Waals surface area contributed by atoms with Crippen LogP contribution in [0.5, 0.6) is 0 Å². The van der Waals surface area contributed by atoms with Crippen molar-refractivity contribution in [2.45, 2.75) is 26.2 Å². The maximum Gasteiger partial charge on any atom is 0.251 e. The summed E-state index contributed by atoms with van der Waals surface area (Å²) in [6.45, 7) is 6.24. The van der Waals surface area contributed by atoms with Crippen molar-refractivity contribution in [3.63, 3.8) is 0 Å². The second-order valence-electron chi connectivity index (χ2n) is 7.35. The first kappa shape index (κ1) is 19.4. The average molecular weight is 354 g/mol. The Balaban J connectivity index is 1.87. The molecule has 138 valence electrons. The second-order valence-corrected chi connectivity index (χ2v) is 7.35. The summed E-state index contributed by atoms with van der Waals surface area (Å²) in [5, 5.41) is 5.28. The molecule has 26 heavy (non-hydrogen) atoms. The van der Waals surface area contributed by atoms with Crippen molar-refractivity contribution in [1.29, 1.82) is 0 Å². The van der Waals surface area contributed by atoms with E-state index >= 15 is 0 Å². The maximum absolute atomic E-state index is 12.2. The van der Waals surface area contributed by atoms with E-state index in [-0.39, 0.29) is 23.8 Å². The molecule has 0 spiro atoms. The van der Waals surface area contributed by atoms with Crippen LogP contribution in [0.2, 0.25) is 0 Å². The van der Waals surface area contributed by atoms with Crippen LogP contribution in [-0.4, -0.2) is 37.4 Å². The number of nitrogens with zero attached hydrogens (tertiary/aromatic N) is 2. The second kappa shape index (κ2) is 7.99. The molecule has 0 aliphatic heterocycles. The molecule has 6 nitrogen and oxygen atoms in total. The fourth-order valence-electron chi connectivity index (χ4n) is 2.30. The molecule has 0 radical (unpaired) electrons. The van der Waals surface area contributed by atoms with Gasteiger partial charge in [-0.25, -0.2) is 4.98 Å². The Hall–Kier alpha value is -2.89. The van der Waals surface area contributed by atoms with Crippen LogP contribution in [0, 0.1) is 0 Å². The van der Waals surface area contributed by atoms with Crippen LogP contribution >= 0.6 is 0 Å². The third-order valence-corrected chi connectivity index (χ3v) is 3.95. The number of amides is 2. The number of pyridine rings is 1. The predicted molar refractivity (Wildman–Crippen MR) is 105 cm³/mol. The van der Waals surface area contributed by atoms with Crippen molar-refractivity contribution in [3.8, 4) is 0 Å². The van der Waals surface area contributed by atoms with Gasteiger partial charge in [0.15, 0.2) is 0 Å². The molecule has 1 heterocycles. The Morgan fingerprint density at radius 2 is 1.69 bits per heavy atom. The summed E-state index contributed by atoms with van der Waals surface area (Å²) >= 11 is 0. The number of benzene rings is 1. The molecule has 1 aromatic heterocycles. The molecule has 2 aromatic rings. The number of aromatic nitrogens is 1. The topological polar surface area (TPSA) is 74.3 Å². The van der Waals surface area contributed by atoms with Gasteiger partial charge in [0.25, 0.3) is 5.91 Å². The zero-order chi connectivity index (χ0) is 19.3. The van der Waals surface area contributed by atoms with E-state index in [1.165, 1.54) is 0 Å². The van der Waals surface area contributed by atoms with E-state index in [0.717, 1.165) is 11.3 Å². The Labute approximate surface area is 154 Å². The smallest absolute Gasteiger partial charge is 0.251 e. The lowest BCUT2D eigenvalue weighted by Crippen LogP contribution is -2.33. The Morgan fingerprint density at radius 1 is 1.04 bits per heavy atom. The first-order chi connectivity index (χ1) is 12.2. The van der Waals surface area contributed by atoms with Crippen LogP contribution in [0.4, 0.5) is 11.5 Å². The summed E-state index contributed by atoms with van der Waals surface area (Å²) < 4.78 is 0. The molecule has 2 rings (SSSR count). The molecule has 2 N–H and O–H groups in total. The van der Waals surface area contributed by atoms with Gasteiger partial charge in [-0.2, -0.15) is 0 Å². The highest BCUT2D eigenvalue weighted by Gasteiger charge is 2.14. The summed E-state index contributed by atoms with van der Waals surface area (Å²) in [6.07, 6.45) is 1.67. The lowest BCUT2D eigenvalue weighted by atomic mass is 9.87. The number of rotatable bonds is 5. The van der Waals surface area contributed by atoms with E-state index in [0.29, 0.717) is 11.4 Å². The van der Waals surface area contributed by atoms with Gasteiger partial charge < -0.3 is 15.5 Å². The molecular formula is C20H26N4O2. The Bertz CT molecular complexity index is 760.